The molecule has 1 aromatic rings. The minimum absolute atomic E-state index is 0.0385. The van der Waals surface area contributed by atoms with E-state index in [1.54, 1.807) is 4.90 Å². The number of amidine groups is 1. The van der Waals surface area contributed by atoms with Crippen LogP contribution < -0.4 is 5.32 Å². The van der Waals surface area contributed by atoms with E-state index in [9.17, 15) is 9.59 Å². The van der Waals surface area contributed by atoms with Gasteiger partial charge in [0.2, 0.25) is 11.8 Å². The highest BCUT2D eigenvalue weighted by atomic mass is 32.2. The zero-order valence-corrected chi connectivity index (χ0v) is 13.0. The minimum Gasteiger partial charge on any atom is -0.356 e. The van der Waals surface area contributed by atoms with E-state index in [1.165, 1.54) is 11.8 Å². The topological polar surface area (TPSA) is 61.8 Å². The number of amides is 2. The maximum absolute atomic E-state index is 12.3. The Kier molecular flexibility index (Phi) is 5.38. The normalized spacial score (nSPS) is 20.1. The summed E-state index contributed by atoms with van der Waals surface area (Å²) >= 11 is 1.37. The first kappa shape index (κ1) is 15.6. The first-order valence-electron chi connectivity index (χ1n) is 7.04. The molecule has 1 saturated heterocycles. The third-order valence-corrected chi connectivity index (χ3v) is 4.24. The van der Waals surface area contributed by atoms with Crippen molar-refractivity contribution in [1.82, 2.24) is 10.2 Å². The lowest BCUT2D eigenvalue weighted by molar-refractivity contribution is -0.129. The Morgan fingerprint density at radius 3 is 2.67 bits per heavy atom. The molecule has 1 aliphatic heterocycles. The number of aliphatic imine (C=N–C) groups is 1. The molecule has 0 aromatic heterocycles. The molecule has 1 aromatic carbocycles. The number of nitrogens with one attached hydrogen (secondary N) is 1. The molecule has 1 aliphatic rings. The van der Waals surface area contributed by atoms with Crippen molar-refractivity contribution in [3.8, 4) is 0 Å². The molecule has 1 atom stereocenters. The SMILES string of the molecule is CCNC(=O)CC1SC(=Nc2ccccc2)N(CC)C1=O. The van der Waals surface area contributed by atoms with E-state index in [0.29, 0.717) is 18.3 Å². The van der Waals surface area contributed by atoms with Crippen LogP contribution in [0.3, 0.4) is 0 Å². The summed E-state index contributed by atoms with van der Waals surface area (Å²) in [6.07, 6.45) is 0.196. The van der Waals surface area contributed by atoms with Crippen LogP contribution in [0.25, 0.3) is 0 Å². The highest BCUT2D eigenvalue weighted by Crippen LogP contribution is 2.31. The number of benzene rings is 1. The molecular weight excluding hydrogens is 286 g/mol. The van der Waals surface area contributed by atoms with E-state index in [0.717, 1.165) is 5.69 Å². The van der Waals surface area contributed by atoms with E-state index in [2.05, 4.69) is 10.3 Å². The first-order chi connectivity index (χ1) is 10.2. The number of para-hydroxylation sites is 1. The largest absolute Gasteiger partial charge is 0.356 e. The van der Waals surface area contributed by atoms with Crippen LogP contribution in [-0.4, -0.2) is 40.2 Å². The molecule has 2 amide bonds. The second-order valence-electron chi connectivity index (χ2n) is 4.58. The number of nitrogens with zero attached hydrogens (tertiary/aromatic N) is 2. The van der Waals surface area contributed by atoms with Gasteiger partial charge < -0.3 is 5.32 Å². The van der Waals surface area contributed by atoms with Crippen molar-refractivity contribution in [1.29, 1.82) is 0 Å². The lowest BCUT2D eigenvalue weighted by atomic mass is 10.2. The van der Waals surface area contributed by atoms with Crippen molar-refractivity contribution in [3.05, 3.63) is 30.3 Å². The van der Waals surface area contributed by atoms with Gasteiger partial charge in [-0.05, 0) is 26.0 Å². The zero-order valence-electron chi connectivity index (χ0n) is 12.2. The average Bonchev–Trinajstić information content (AvgIpc) is 2.75. The van der Waals surface area contributed by atoms with E-state index in [4.69, 9.17) is 0 Å². The fraction of sp³-hybridized carbons (Fsp3) is 0.400. The summed E-state index contributed by atoms with van der Waals surface area (Å²) in [6, 6.07) is 9.52. The van der Waals surface area contributed by atoms with E-state index in [1.807, 2.05) is 44.2 Å². The lowest BCUT2D eigenvalue weighted by Crippen LogP contribution is -2.34. The van der Waals surface area contributed by atoms with Crippen LogP contribution in [0, 0.1) is 0 Å². The molecule has 112 valence electrons. The maximum atomic E-state index is 12.3. The number of carbonyl (C=O) groups excluding carboxylic acids is 2. The monoisotopic (exact) mass is 305 g/mol. The predicted molar refractivity (Wildman–Crippen MR) is 85.6 cm³/mol. The molecular formula is C15H19N3O2S. The summed E-state index contributed by atoms with van der Waals surface area (Å²) in [7, 11) is 0. The summed E-state index contributed by atoms with van der Waals surface area (Å²) in [4.78, 5) is 30.1. The lowest BCUT2D eigenvalue weighted by Gasteiger charge is -2.13. The molecule has 0 saturated carbocycles. The molecule has 1 N–H and O–H groups in total. The summed E-state index contributed by atoms with van der Waals surface area (Å²) in [5, 5.41) is 3.02. The van der Waals surface area contributed by atoms with Gasteiger partial charge in [0.1, 0.15) is 5.25 Å². The second-order valence-corrected chi connectivity index (χ2v) is 5.75. The van der Waals surface area contributed by atoms with Gasteiger partial charge in [-0.15, -0.1) is 0 Å². The standard InChI is InChI=1S/C15H19N3O2S/c1-3-16-13(19)10-12-14(20)18(4-2)15(21-12)17-11-8-6-5-7-9-11/h5-9,12H,3-4,10H2,1-2H3,(H,16,19). The summed E-state index contributed by atoms with van der Waals surface area (Å²) in [5.41, 5.74) is 0.810. The van der Waals surface area contributed by atoms with Gasteiger partial charge in [-0.3, -0.25) is 14.5 Å². The van der Waals surface area contributed by atoms with Gasteiger partial charge >= 0.3 is 0 Å². The molecule has 0 radical (unpaired) electrons. The van der Waals surface area contributed by atoms with Gasteiger partial charge in [0, 0.05) is 19.5 Å². The van der Waals surface area contributed by atoms with Crippen LogP contribution in [0.15, 0.2) is 35.3 Å². The van der Waals surface area contributed by atoms with Crippen LogP contribution in [0.2, 0.25) is 0 Å². The summed E-state index contributed by atoms with van der Waals surface area (Å²) < 4.78 is 0. The van der Waals surface area contributed by atoms with E-state index >= 15 is 0 Å². The Hall–Kier alpha value is -1.82. The van der Waals surface area contributed by atoms with Crippen molar-refractivity contribution < 1.29 is 9.59 Å². The minimum atomic E-state index is -0.376. The van der Waals surface area contributed by atoms with Crippen molar-refractivity contribution in [2.24, 2.45) is 4.99 Å². The van der Waals surface area contributed by atoms with Gasteiger partial charge in [-0.25, -0.2) is 4.99 Å². The molecule has 1 fully saturated rings. The summed E-state index contributed by atoms with van der Waals surface area (Å²) in [6.45, 7) is 4.91. The van der Waals surface area contributed by atoms with Crippen LogP contribution in [0.1, 0.15) is 20.3 Å². The highest BCUT2D eigenvalue weighted by molar-refractivity contribution is 8.15. The molecule has 6 heteroatoms. The van der Waals surface area contributed by atoms with Gasteiger partial charge in [0.05, 0.1) is 5.69 Å². The van der Waals surface area contributed by atoms with Gasteiger partial charge in [-0.2, -0.15) is 0 Å². The molecule has 0 bridgehead atoms. The quantitative estimate of drug-likeness (QED) is 0.907. The Balaban J connectivity index is 2.14. The predicted octanol–water partition coefficient (Wildman–Crippen LogP) is 2.16. The fourth-order valence-corrected chi connectivity index (χ4v) is 3.29. The molecule has 0 spiro atoms. The third kappa shape index (κ3) is 3.85. The van der Waals surface area contributed by atoms with E-state index < -0.39 is 0 Å². The van der Waals surface area contributed by atoms with Gasteiger partial charge in [0.15, 0.2) is 5.17 Å². The highest BCUT2D eigenvalue weighted by Gasteiger charge is 2.38. The zero-order chi connectivity index (χ0) is 15.2. The number of hydrogen-bond donors (Lipinski definition) is 1. The Morgan fingerprint density at radius 1 is 1.33 bits per heavy atom. The molecule has 0 aliphatic carbocycles. The number of rotatable bonds is 5. The average molecular weight is 305 g/mol. The number of carbonyl (C=O) groups is 2. The van der Waals surface area contributed by atoms with Crippen LogP contribution in [0.5, 0.6) is 0 Å². The molecule has 5 nitrogen and oxygen atoms in total. The van der Waals surface area contributed by atoms with E-state index in [-0.39, 0.29) is 23.5 Å². The Labute approximate surface area is 128 Å². The maximum Gasteiger partial charge on any atom is 0.242 e. The fourth-order valence-electron chi connectivity index (χ4n) is 2.07. The first-order valence-corrected chi connectivity index (χ1v) is 7.92. The summed E-state index contributed by atoms with van der Waals surface area (Å²) in [5.74, 6) is -0.135. The third-order valence-electron chi connectivity index (χ3n) is 3.06. The number of hydrogen-bond acceptors (Lipinski definition) is 4. The molecule has 1 heterocycles. The molecule has 1 unspecified atom stereocenters. The van der Waals surface area contributed by atoms with Crippen LogP contribution in [-0.2, 0) is 9.59 Å². The Morgan fingerprint density at radius 2 is 2.05 bits per heavy atom. The van der Waals surface area contributed by atoms with Gasteiger partial charge in [-0.1, -0.05) is 30.0 Å². The Bertz CT molecular complexity index is 545. The van der Waals surface area contributed by atoms with Crippen LogP contribution >= 0.6 is 11.8 Å². The molecule has 2 rings (SSSR count). The number of thioether (sulfide) groups is 1. The molecule has 21 heavy (non-hydrogen) atoms. The smallest absolute Gasteiger partial charge is 0.242 e. The van der Waals surface area contributed by atoms with Crippen molar-refractivity contribution in [2.75, 3.05) is 13.1 Å². The van der Waals surface area contributed by atoms with Crippen molar-refractivity contribution in [3.63, 3.8) is 0 Å². The second kappa shape index (κ2) is 7.26. The van der Waals surface area contributed by atoms with Gasteiger partial charge in [0.25, 0.3) is 0 Å². The van der Waals surface area contributed by atoms with Crippen molar-refractivity contribution >= 4 is 34.4 Å². The van der Waals surface area contributed by atoms with Crippen LogP contribution in [0.4, 0.5) is 5.69 Å². The van der Waals surface area contributed by atoms with Crippen molar-refractivity contribution in [2.45, 2.75) is 25.5 Å².